The fraction of sp³-hybridized carbons (Fsp3) is 0.474. The lowest BCUT2D eigenvalue weighted by Crippen LogP contribution is -2.26. The van der Waals surface area contributed by atoms with E-state index < -0.39 is 0 Å². The fourth-order valence-corrected chi connectivity index (χ4v) is 2.86. The molecule has 136 valence electrons. The molecule has 1 heterocycles. The van der Waals surface area contributed by atoms with Gasteiger partial charge in [0.05, 0.1) is 17.9 Å². The largest absolute Gasteiger partial charge is 0.349 e. The van der Waals surface area contributed by atoms with Gasteiger partial charge >= 0.3 is 0 Å². The molecule has 0 aliphatic heterocycles. The Kier molecular flexibility index (Phi) is 7.13. The van der Waals surface area contributed by atoms with Crippen LogP contribution in [0.3, 0.4) is 0 Å². The molecule has 0 aliphatic carbocycles. The second-order valence-electron chi connectivity index (χ2n) is 6.32. The minimum atomic E-state index is -0.277. The Bertz CT molecular complexity index is 681. The molecule has 0 radical (unpaired) electrons. The summed E-state index contributed by atoms with van der Waals surface area (Å²) in [5.74, 6) is -0.227. The molecular weight excluding hydrogens is 319 g/mol. The fourth-order valence-electron chi connectivity index (χ4n) is 2.86. The van der Waals surface area contributed by atoms with Crippen molar-refractivity contribution in [2.24, 2.45) is 5.73 Å². The predicted molar refractivity (Wildman–Crippen MR) is 97.0 cm³/mol. The van der Waals surface area contributed by atoms with Crippen molar-refractivity contribution in [3.8, 4) is 5.69 Å². The number of benzene rings is 1. The van der Waals surface area contributed by atoms with E-state index in [2.05, 4.69) is 10.4 Å². The van der Waals surface area contributed by atoms with Gasteiger partial charge in [0.15, 0.2) is 0 Å². The third-order valence-electron chi connectivity index (χ3n) is 4.32. The molecule has 25 heavy (non-hydrogen) atoms. The number of amides is 1. The molecule has 1 atom stereocenters. The Morgan fingerprint density at radius 2 is 1.92 bits per heavy atom. The maximum absolute atomic E-state index is 13.1. The number of unbranched alkanes of at least 4 members (excludes halogenated alkanes) is 3. The van der Waals surface area contributed by atoms with Gasteiger partial charge in [0.2, 0.25) is 5.91 Å². The zero-order valence-electron chi connectivity index (χ0n) is 15.0. The minimum Gasteiger partial charge on any atom is -0.349 e. The molecule has 0 aliphatic rings. The lowest BCUT2D eigenvalue weighted by Gasteiger charge is -2.14. The molecule has 5 nitrogen and oxygen atoms in total. The summed E-state index contributed by atoms with van der Waals surface area (Å²) in [7, 11) is 0. The van der Waals surface area contributed by atoms with Crippen LogP contribution in [0.5, 0.6) is 0 Å². The van der Waals surface area contributed by atoms with Crippen LogP contribution in [-0.2, 0) is 4.79 Å². The monoisotopic (exact) mass is 346 g/mol. The van der Waals surface area contributed by atoms with Crippen LogP contribution in [0, 0.1) is 12.7 Å². The zero-order chi connectivity index (χ0) is 18.2. The SMILES string of the molecule is Cc1c(C(C)NC(=O)CCCCCCN)cnn1-c1ccc(F)cc1. The molecule has 2 rings (SSSR count). The smallest absolute Gasteiger partial charge is 0.220 e. The van der Waals surface area contributed by atoms with Gasteiger partial charge in [-0.05, 0) is 57.5 Å². The first kappa shape index (κ1) is 19.1. The van der Waals surface area contributed by atoms with E-state index in [9.17, 15) is 9.18 Å². The molecule has 3 N–H and O–H groups in total. The number of hydrogen-bond donors (Lipinski definition) is 2. The van der Waals surface area contributed by atoms with Gasteiger partial charge in [-0.3, -0.25) is 4.79 Å². The molecule has 1 unspecified atom stereocenters. The Balaban J connectivity index is 1.92. The molecule has 0 bridgehead atoms. The number of hydrogen-bond acceptors (Lipinski definition) is 3. The van der Waals surface area contributed by atoms with Crippen molar-refractivity contribution < 1.29 is 9.18 Å². The highest BCUT2D eigenvalue weighted by Gasteiger charge is 2.16. The van der Waals surface area contributed by atoms with E-state index in [4.69, 9.17) is 5.73 Å². The maximum Gasteiger partial charge on any atom is 0.220 e. The van der Waals surface area contributed by atoms with E-state index in [1.54, 1.807) is 23.0 Å². The first-order valence-electron chi connectivity index (χ1n) is 8.83. The van der Waals surface area contributed by atoms with Crippen LogP contribution in [-0.4, -0.2) is 22.2 Å². The second-order valence-corrected chi connectivity index (χ2v) is 6.32. The van der Waals surface area contributed by atoms with Gasteiger partial charge in [0.25, 0.3) is 0 Å². The van der Waals surface area contributed by atoms with Crippen molar-refractivity contribution in [2.75, 3.05) is 6.54 Å². The molecule has 1 aromatic carbocycles. The number of aromatic nitrogens is 2. The first-order valence-corrected chi connectivity index (χ1v) is 8.83. The van der Waals surface area contributed by atoms with Crippen molar-refractivity contribution in [3.63, 3.8) is 0 Å². The van der Waals surface area contributed by atoms with E-state index in [1.165, 1.54) is 12.1 Å². The second kappa shape index (κ2) is 9.32. The number of nitrogens with one attached hydrogen (secondary N) is 1. The van der Waals surface area contributed by atoms with Gasteiger partial charge in [0.1, 0.15) is 5.82 Å². The molecule has 2 aromatic rings. The Labute approximate surface area is 148 Å². The Hall–Kier alpha value is -2.21. The van der Waals surface area contributed by atoms with E-state index >= 15 is 0 Å². The summed E-state index contributed by atoms with van der Waals surface area (Å²) in [5.41, 5.74) is 8.15. The van der Waals surface area contributed by atoms with Gasteiger partial charge in [-0.1, -0.05) is 12.8 Å². The van der Waals surface area contributed by atoms with Gasteiger partial charge < -0.3 is 11.1 Å². The van der Waals surface area contributed by atoms with Crippen molar-refractivity contribution in [2.45, 2.75) is 52.0 Å². The highest BCUT2D eigenvalue weighted by atomic mass is 19.1. The Morgan fingerprint density at radius 3 is 2.60 bits per heavy atom. The van der Waals surface area contributed by atoms with Gasteiger partial charge in [-0.15, -0.1) is 0 Å². The third-order valence-corrected chi connectivity index (χ3v) is 4.32. The number of nitrogens with two attached hydrogens (primary N) is 1. The lowest BCUT2D eigenvalue weighted by atomic mass is 10.1. The summed E-state index contributed by atoms with van der Waals surface area (Å²) in [6.07, 6.45) is 6.28. The Morgan fingerprint density at radius 1 is 1.24 bits per heavy atom. The van der Waals surface area contributed by atoms with Crippen LogP contribution in [0.25, 0.3) is 5.69 Å². The predicted octanol–water partition coefficient (Wildman–Crippen LogP) is 3.41. The molecule has 0 fully saturated rings. The summed E-state index contributed by atoms with van der Waals surface area (Å²) < 4.78 is 14.8. The van der Waals surface area contributed by atoms with E-state index in [0.717, 1.165) is 42.6 Å². The average Bonchev–Trinajstić information content (AvgIpc) is 2.97. The standard InChI is InChI=1S/C19H27FN4O/c1-14(23-19(25)7-5-3-4-6-12-21)18-13-22-24(15(18)2)17-10-8-16(20)9-11-17/h8-11,13-14H,3-7,12,21H2,1-2H3,(H,23,25). The van der Waals surface area contributed by atoms with Gasteiger partial charge in [0, 0.05) is 17.7 Å². The molecule has 0 spiro atoms. The number of carbonyl (C=O) groups excluding carboxylic acids is 1. The third kappa shape index (κ3) is 5.39. The van der Waals surface area contributed by atoms with Crippen LogP contribution < -0.4 is 11.1 Å². The summed E-state index contributed by atoms with van der Waals surface area (Å²) in [5, 5.41) is 7.40. The molecule has 1 aromatic heterocycles. The summed E-state index contributed by atoms with van der Waals surface area (Å²) in [4.78, 5) is 12.1. The molecule has 0 saturated heterocycles. The van der Waals surface area contributed by atoms with Crippen LogP contribution in [0.2, 0.25) is 0 Å². The number of nitrogens with zero attached hydrogens (tertiary/aromatic N) is 2. The normalized spacial score (nSPS) is 12.2. The quantitative estimate of drug-likeness (QED) is 0.684. The first-order chi connectivity index (χ1) is 12.0. The van der Waals surface area contributed by atoms with Crippen molar-refractivity contribution in [1.82, 2.24) is 15.1 Å². The molecular formula is C19H27FN4O. The van der Waals surface area contributed by atoms with Crippen LogP contribution >= 0.6 is 0 Å². The molecule has 0 saturated carbocycles. The zero-order valence-corrected chi connectivity index (χ0v) is 15.0. The highest BCUT2D eigenvalue weighted by molar-refractivity contribution is 5.76. The minimum absolute atomic E-state index is 0.0502. The molecule has 6 heteroatoms. The molecule has 1 amide bonds. The lowest BCUT2D eigenvalue weighted by molar-refractivity contribution is -0.121. The summed E-state index contributed by atoms with van der Waals surface area (Å²) >= 11 is 0. The summed E-state index contributed by atoms with van der Waals surface area (Å²) in [6.45, 7) is 4.60. The van der Waals surface area contributed by atoms with Crippen molar-refractivity contribution >= 4 is 5.91 Å². The van der Waals surface area contributed by atoms with Crippen LogP contribution in [0.1, 0.15) is 56.3 Å². The average molecular weight is 346 g/mol. The number of halogens is 1. The maximum atomic E-state index is 13.1. The number of rotatable bonds is 9. The highest BCUT2D eigenvalue weighted by Crippen LogP contribution is 2.20. The van der Waals surface area contributed by atoms with Crippen LogP contribution in [0.4, 0.5) is 4.39 Å². The summed E-state index contributed by atoms with van der Waals surface area (Å²) in [6, 6.07) is 6.07. The van der Waals surface area contributed by atoms with Crippen molar-refractivity contribution in [3.05, 3.63) is 47.5 Å². The van der Waals surface area contributed by atoms with E-state index in [-0.39, 0.29) is 17.8 Å². The van der Waals surface area contributed by atoms with Crippen LogP contribution in [0.15, 0.2) is 30.5 Å². The van der Waals surface area contributed by atoms with E-state index in [1.807, 2.05) is 13.8 Å². The van der Waals surface area contributed by atoms with Crippen molar-refractivity contribution in [1.29, 1.82) is 0 Å². The van der Waals surface area contributed by atoms with Gasteiger partial charge in [-0.25, -0.2) is 9.07 Å². The topological polar surface area (TPSA) is 72.9 Å². The van der Waals surface area contributed by atoms with Gasteiger partial charge in [-0.2, -0.15) is 5.10 Å². The van der Waals surface area contributed by atoms with E-state index in [0.29, 0.717) is 13.0 Å². The number of carbonyl (C=O) groups is 1.